The van der Waals surface area contributed by atoms with Crippen LogP contribution in [0.5, 0.6) is 5.75 Å². The van der Waals surface area contributed by atoms with E-state index in [0.29, 0.717) is 11.6 Å². The molecule has 126 valence electrons. The number of benzene rings is 2. The van der Waals surface area contributed by atoms with E-state index >= 15 is 0 Å². The van der Waals surface area contributed by atoms with Gasteiger partial charge in [-0.15, -0.1) is 0 Å². The molecular weight excluding hydrogens is 326 g/mol. The van der Waals surface area contributed by atoms with Crippen molar-refractivity contribution < 1.29 is 14.3 Å². The lowest BCUT2D eigenvalue weighted by atomic mass is 9.84. The van der Waals surface area contributed by atoms with Crippen LogP contribution in [-0.2, 0) is 15.2 Å². The monoisotopic (exact) mass is 345 g/mol. The van der Waals surface area contributed by atoms with Crippen molar-refractivity contribution in [3.63, 3.8) is 0 Å². The lowest BCUT2D eigenvalue weighted by molar-refractivity contribution is 0.0153. The summed E-state index contributed by atoms with van der Waals surface area (Å²) in [5, 5.41) is 4.46. The highest BCUT2D eigenvalue weighted by Gasteiger charge is 2.60. The number of nitrogens with zero attached hydrogens (tertiary/aromatic N) is 1. The number of epoxide rings is 1. The number of hydrogen-bond acceptors (Lipinski definition) is 4. The molecule has 1 unspecified atom stereocenters. The van der Waals surface area contributed by atoms with E-state index in [4.69, 9.17) is 21.1 Å². The Morgan fingerprint density at radius 3 is 2.29 bits per heavy atom. The number of ether oxygens (including phenoxy) is 2. The largest absolute Gasteiger partial charge is 0.484 e. The van der Waals surface area contributed by atoms with Gasteiger partial charge in [-0.2, -0.15) is 0 Å². The summed E-state index contributed by atoms with van der Waals surface area (Å²) in [4.78, 5) is 4.68. The zero-order chi connectivity index (χ0) is 17.2. The summed E-state index contributed by atoms with van der Waals surface area (Å²) in [6.07, 6.45) is 1.65. The number of halogens is 1. The van der Waals surface area contributed by atoms with E-state index < -0.39 is 11.2 Å². The fraction of sp³-hybridized carbons (Fsp3) is 0.316. The molecule has 24 heavy (non-hydrogen) atoms. The van der Waals surface area contributed by atoms with Crippen LogP contribution in [0.2, 0.25) is 5.02 Å². The van der Waals surface area contributed by atoms with E-state index in [1.807, 2.05) is 62.4 Å². The predicted molar refractivity (Wildman–Crippen MR) is 94.8 cm³/mol. The Kier molecular flexibility index (Phi) is 4.52. The highest BCUT2D eigenvalue weighted by Crippen LogP contribution is 2.49. The molecule has 1 heterocycles. The van der Waals surface area contributed by atoms with Crippen LogP contribution in [0, 0.1) is 0 Å². The fourth-order valence-corrected chi connectivity index (χ4v) is 2.89. The second kappa shape index (κ2) is 6.46. The third kappa shape index (κ3) is 3.25. The van der Waals surface area contributed by atoms with E-state index in [0.717, 1.165) is 16.9 Å². The van der Waals surface area contributed by atoms with Crippen molar-refractivity contribution in [2.24, 2.45) is 5.16 Å². The number of oxime groups is 1. The highest BCUT2D eigenvalue weighted by atomic mass is 35.5. The smallest absolute Gasteiger partial charge is 0.155 e. The summed E-state index contributed by atoms with van der Waals surface area (Å²) in [6, 6.07) is 15.4. The molecule has 0 N–H and O–H groups in total. The Balaban J connectivity index is 1.78. The van der Waals surface area contributed by atoms with Crippen molar-refractivity contribution in [2.45, 2.75) is 25.0 Å². The second-order valence-corrected chi connectivity index (χ2v) is 6.66. The van der Waals surface area contributed by atoms with E-state index in [-0.39, 0.29) is 0 Å². The van der Waals surface area contributed by atoms with Gasteiger partial charge >= 0.3 is 0 Å². The molecule has 1 aliphatic rings. The maximum Gasteiger partial charge on any atom is 0.155 e. The first-order chi connectivity index (χ1) is 11.5. The standard InChI is InChI=1S/C19H20ClNO3/c1-18(2,19(13-23-19)15-6-8-16(20)9-7-15)24-17-10-4-14(5-11-17)12-21-22-3/h4-12H,13H2,1-3H3. The van der Waals surface area contributed by atoms with Gasteiger partial charge in [-0.1, -0.05) is 28.9 Å². The van der Waals surface area contributed by atoms with Gasteiger partial charge in [0.15, 0.2) is 5.60 Å². The number of hydrogen-bond donors (Lipinski definition) is 0. The van der Waals surface area contributed by atoms with Crippen molar-refractivity contribution in [3.8, 4) is 5.75 Å². The van der Waals surface area contributed by atoms with Crippen LogP contribution in [0.25, 0.3) is 0 Å². The molecule has 1 fully saturated rings. The van der Waals surface area contributed by atoms with Crippen LogP contribution in [-0.4, -0.2) is 25.5 Å². The third-order valence-corrected chi connectivity index (χ3v) is 4.53. The molecule has 2 aromatic carbocycles. The van der Waals surface area contributed by atoms with Crippen molar-refractivity contribution in [3.05, 3.63) is 64.7 Å². The van der Waals surface area contributed by atoms with Crippen LogP contribution in [0.4, 0.5) is 0 Å². The van der Waals surface area contributed by atoms with Crippen molar-refractivity contribution >= 4 is 17.8 Å². The maximum atomic E-state index is 6.24. The zero-order valence-corrected chi connectivity index (χ0v) is 14.7. The highest BCUT2D eigenvalue weighted by molar-refractivity contribution is 6.30. The van der Waals surface area contributed by atoms with Gasteiger partial charge in [-0.05, 0) is 61.4 Å². The maximum absolute atomic E-state index is 6.24. The summed E-state index contributed by atoms with van der Waals surface area (Å²) in [5.74, 6) is 0.776. The van der Waals surface area contributed by atoms with Crippen LogP contribution in [0.15, 0.2) is 53.7 Å². The average molecular weight is 346 g/mol. The van der Waals surface area contributed by atoms with E-state index in [2.05, 4.69) is 9.99 Å². The molecular formula is C19H20ClNO3. The van der Waals surface area contributed by atoms with Gasteiger partial charge in [0.25, 0.3) is 0 Å². The van der Waals surface area contributed by atoms with Crippen LogP contribution < -0.4 is 4.74 Å². The van der Waals surface area contributed by atoms with Gasteiger partial charge in [0, 0.05) is 5.02 Å². The lowest BCUT2D eigenvalue weighted by Crippen LogP contribution is -2.43. The topological polar surface area (TPSA) is 43.4 Å². The van der Waals surface area contributed by atoms with Gasteiger partial charge < -0.3 is 14.3 Å². The molecule has 0 bridgehead atoms. The van der Waals surface area contributed by atoms with E-state index in [1.54, 1.807) is 6.21 Å². The molecule has 2 aromatic rings. The molecule has 1 aliphatic heterocycles. The lowest BCUT2D eigenvalue weighted by Gasteiger charge is -2.33. The van der Waals surface area contributed by atoms with Gasteiger partial charge in [0.1, 0.15) is 18.5 Å². The summed E-state index contributed by atoms with van der Waals surface area (Å²) in [6.45, 7) is 4.70. The molecule has 4 nitrogen and oxygen atoms in total. The minimum absolute atomic E-state index is 0.451. The molecule has 0 radical (unpaired) electrons. The Morgan fingerprint density at radius 1 is 1.12 bits per heavy atom. The Bertz CT molecular complexity index is 719. The Morgan fingerprint density at radius 2 is 1.75 bits per heavy atom. The molecule has 0 spiro atoms. The van der Waals surface area contributed by atoms with Crippen LogP contribution in [0.3, 0.4) is 0 Å². The minimum atomic E-state index is -0.525. The summed E-state index contributed by atoms with van der Waals surface area (Å²) < 4.78 is 12.1. The molecule has 5 heteroatoms. The summed E-state index contributed by atoms with van der Waals surface area (Å²) in [5.41, 5.74) is 1.04. The van der Waals surface area contributed by atoms with Crippen molar-refractivity contribution in [1.29, 1.82) is 0 Å². The van der Waals surface area contributed by atoms with Gasteiger partial charge in [-0.25, -0.2) is 0 Å². The fourth-order valence-electron chi connectivity index (χ4n) is 2.77. The molecule has 1 atom stereocenters. The normalized spacial score (nSPS) is 20.2. The first kappa shape index (κ1) is 16.8. The summed E-state index contributed by atoms with van der Waals surface area (Å²) in [7, 11) is 1.52. The van der Waals surface area contributed by atoms with Crippen LogP contribution in [0.1, 0.15) is 25.0 Å². The predicted octanol–water partition coefficient (Wildman–Crippen LogP) is 4.40. The molecule has 0 aliphatic carbocycles. The molecule has 1 saturated heterocycles. The number of rotatable bonds is 6. The second-order valence-electron chi connectivity index (χ2n) is 6.22. The Labute approximate surface area is 147 Å². The molecule has 0 aromatic heterocycles. The van der Waals surface area contributed by atoms with E-state index in [1.165, 1.54) is 7.11 Å². The van der Waals surface area contributed by atoms with Gasteiger partial charge in [0.2, 0.25) is 0 Å². The minimum Gasteiger partial charge on any atom is -0.484 e. The average Bonchev–Trinajstić information content (AvgIpc) is 3.37. The van der Waals surface area contributed by atoms with Crippen molar-refractivity contribution in [1.82, 2.24) is 0 Å². The molecule has 0 amide bonds. The first-order valence-electron chi connectivity index (χ1n) is 7.72. The quantitative estimate of drug-likeness (QED) is 0.442. The molecule has 0 saturated carbocycles. The molecule has 3 rings (SSSR count). The van der Waals surface area contributed by atoms with Gasteiger partial charge in [0.05, 0.1) is 12.8 Å². The Hall–Kier alpha value is -2.04. The van der Waals surface area contributed by atoms with Crippen LogP contribution >= 0.6 is 11.6 Å². The van der Waals surface area contributed by atoms with Gasteiger partial charge in [-0.3, -0.25) is 0 Å². The SMILES string of the molecule is CON=Cc1ccc(OC(C)(C)C2(c3ccc(Cl)cc3)CO2)cc1. The third-order valence-electron chi connectivity index (χ3n) is 4.28. The first-order valence-corrected chi connectivity index (χ1v) is 8.10. The van der Waals surface area contributed by atoms with E-state index in [9.17, 15) is 0 Å². The zero-order valence-electron chi connectivity index (χ0n) is 14.0. The summed E-state index contributed by atoms with van der Waals surface area (Å²) >= 11 is 5.99. The van der Waals surface area contributed by atoms with Crippen molar-refractivity contribution in [2.75, 3.05) is 13.7 Å².